The lowest BCUT2D eigenvalue weighted by atomic mass is 9.84. The number of rotatable bonds is 5. The van der Waals surface area contributed by atoms with Gasteiger partial charge in [0.05, 0.1) is 5.56 Å². The van der Waals surface area contributed by atoms with E-state index in [2.05, 4.69) is 56.3 Å². The van der Waals surface area contributed by atoms with E-state index in [0.29, 0.717) is 11.6 Å². The second-order valence-electron chi connectivity index (χ2n) is 9.21. The molecular formula is C28H26FNO3. The SMILES string of the molecule is Cc1ccc(C2CC(C)(C)c3cc(C(/C=C/c4ccc(C(=O)O)cc4F)=N/O)ccc32)cc1. The molecule has 1 aliphatic carbocycles. The van der Waals surface area contributed by atoms with Crippen LogP contribution in [0.15, 0.2) is 71.9 Å². The molecule has 168 valence electrons. The van der Waals surface area contributed by atoms with Crippen LogP contribution in [-0.4, -0.2) is 22.0 Å². The van der Waals surface area contributed by atoms with Gasteiger partial charge < -0.3 is 10.3 Å². The normalized spacial score (nSPS) is 17.3. The number of hydrogen-bond donors (Lipinski definition) is 2. The number of allylic oxidation sites excluding steroid dienone is 1. The quantitative estimate of drug-likeness (QED) is 0.267. The van der Waals surface area contributed by atoms with E-state index in [1.807, 2.05) is 12.1 Å². The summed E-state index contributed by atoms with van der Waals surface area (Å²) in [5.74, 6) is -1.54. The Kier molecular flexibility index (Phi) is 5.90. The van der Waals surface area contributed by atoms with Gasteiger partial charge in [-0.1, -0.05) is 67.0 Å². The van der Waals surface area contributed by atoms with Crippen molar-refractivity contribution >= 4 is 17.8 Å². The molecule has 5 heteroatoms. The molecule has 0 bridgehead atoms. The number of oxime groups is 1. The highest BCUT2D eigenvalue weighted by Crippen LogP contribution is 2.49. The van der Waals surface area contributed by atoms with E-state index in [0.717, 1.165) is 18.1 Å². The zero-order valence-electron chi connectivity index (χ0n) is 18.8. The maximum atomic E-state index is 14.3. The summed E-state index contributed by atoms with van der Waals surface area (Å²) < 4.78 is 14.3. The summed E-state index contributed by atoms with van der Waals surface area (Å²) in [4.78, 5) is 11.0. The number of aromatic carboxylic acids is 1. The van der Waals surface area contributed by atoms with Crippen LogP contribution in [-0.2, 0) is 5.41 Å². The standard InChI is InChI=1S/C28H26FNO3/c1-17-4-6-18(7-5-17)23-16-28(2,3)24-14-20(10-12-22(23)24)26(30-33)13-11-19-8-9-21(27(31)32)15-25(19)29/h4-15,23,33H,16H2,1-3H3,(H,31,32)/b13-11+,30-26+. The zero-order valence-corrected chi connectivity index (χ0v) is 18.8. The van der Waals surface area contributed by atoms with E-state index in [-0.39, 0.29) is 16.5 Å². The summed E-state index contributed by atoms with van der Waals surface area (Å²) in [5.41, 5.74) is 6.06. The van der Waals surface area contributed by atoms with E-state index >= 15 is 0 Å². The first kappa shape index (κ1) is 22.5. The highest BCUT2D eigenvalue weighted by molar-refractivity contribution is 6.10. The first-order valence-corrected chi connectivity index (χ1v) is 10.8. The van der Waals surface area contributed by atoms with Crippen LogP contribution in [0, 0.1) is 12.7 Å². The number of aryl methyl sites for hydroxylation is 1. The van der Waals surface area contributed by atoms with Crippen molar-refractivity contribution in [2.75, 3.05) is 0 Å². The Morgan fingerprint density at radius 3 is 2.39 bits per heavy atom. The maximum Gasteiger partial charge on any atom is 0.335 e. The van der Waals surface area contributed by atoms with Gasteiger partial charge >= 0.3 is 5.97 Å². The Hall–Kier alpha value is -3.73. The summed E-state index contributed by atoms with van der Waals surface area (Å²) in [5, 5.41) is 22.1. The first-order valence-electron chi connectivity index (χ1n) is 10.8. The van der Waals surface area contributed by atoms with Gasteiger partial charge in [-0.25, -0.2) is 9.18 Å². The molecule has 2 N–H and O–H groups in total. The molecule has 0 radical (unpaired) electrons. The summed E-state index contributed by atoms with van der Waals surface area (Å²) in [6.07, 6.45) is 3.99. The molecule has 0 aliphatic heterocycles. The van der Waals surface area contributed by atoms with Crippen LogP contribution < -0.4 is 0 Å². The molecule has 0 spiro atoms. The van der Waals surface area contributed by atoms with Crippen molar-refractivity contribution in [2.45, 2.75) is 38.5 Å². The van der Waals surface area contributed by atoms with Crippen molar-refractivity contribution in [2.24, 2.45) is 5.16 Å². The van der Waals surface area contributed by atoms with E-state index in [4.69, 9.17) is 5.11 Å². The molecule has 0 aromatic heterocycles. The Labute approximate surface area is 192 Å². The third kappa shape index (κ3) is 4.44. The van der Waals surface area contributed by atoms with Crippen LogP contribution in [0.2, 0.25) is 0 Å². The molecule has 4 rings (SSSR count). The molecule has 4 nitrogen and oxygen atoms in total. The summed E-state index contributed by atoms with van der Waals surface area (Å²) in [6, 6.07) is 18.4. The number of nitrogens with zero attached hydrogens (tertiary/aromatic N) is 1. The molecule has 3 aromatic carbocycles. The van der Waals surface area contributed by atoms with Gasteiger partial charge in [0.25, 0.3) is 0 Å². The van der Waals surface area contributed by atoms with E-state index < -0.39 is 11.8 Å². The topological polar surface area (TPSA) is 69.9 Å². The second kappa shape index (κ2) is 8.66. The molecule has 1 unspecified atom stereocenters. The predicted molar refractivity (Wildman–Crippen MR) is 128 cm³/mol. The van der Waals surface area contributed by atoms with Gasteiger partial charge in [-0.2, -0.15) is 0 Å². The third-order valence-corrected chi connectivity index (χ3v) is 6.42. The summed E-state index contributed by atoms with van der Waals surface area (Å²) in [7, 11) is 0. The number of halogens is 1. The van der Waals surface area contributed by atoms with Gasteiger partial charge in [-0.3, -0.25) is 0 Å². The van der Waals surface area contributed by atoms with Crippen molar-refractivity contribution in [1.29, 1.82) is 0 Å². The molecule has 33 heavy (non-hydrogen) atoms. The second-order valence-corrected chi connectivity index (χ2v) is 9.21. The van der Waals surface area contributed by atoms with E-state index in [9.17, 15) is 14.4 Å². The highest BCUT2D eigenvalue weighted by Gasteiger charge is 2.37. The molecule has 0 saturated carbocycles. The first-order chi connectivity index (χ1) is 15.7. The molecule has 0 fully saturated rings. The van der Waals surface area contributed by atoms with Crippen LogP contribution in [0.1, 0.15) is 69.9 Å². The third-order valence-electron chi connectivity index (χ3n) is 6.42. The minimum Gasteiger partial charge on any atom is -0.478 e. The summed E-state index contributed by atoms with van der Waals surface area (Å²) in [6.45, 7) is 6.52. The Morgan fingerprint density at radius 2 is 1.76 bits per heavy atom. The van der Waals surface area contributed by atoms with Gasteiger partial charge in [-0.15, -0.1) is 0 Å². The minimum absolute atomic E-state index is 0.0516. The number of hydrogen-bond acceptors (Lipinski definition) is 3. The number of carbonyl (C=O) groups is 1. The lowest BCUT2D eigenvalue weighted by Crippen LogP contribution is -2.13. The fourth-order valence-corrected chi connectivity index (χ4v) is 4.58. The lowest BCUT2D eigenvalue weighted by Gasteiger charge is -2.20. The maximum absolute atomic E-state index is 14.3. The van der Waals surface area contributed by atoms with Gasteiger partial charge in [0, 0.05) is 17.0 Å². The molecule has 0 heterocycles. The Bertz CT molecular complexity index is 1270. The fraction of sp³-hybridized carbons (Fsp3) is 0.214. The molecule has 0 saturated heterocycles. The fourth-order valence-electron chi connectivity index (χ4n) is 4.58. The Morgan fingerprint density at radius 1 is 1.06 bits per heavy atom. The molecule has 0 amide bonds. The molecular weight excluding hydrogens is 417 g/mol. The summed E-state index contributed by atoms with van der Waals surface area (Å²) >= 11 is 0. The van der Waals surface area contributed by atoms with Crippen LogP contribution in [0.4, 0.5) is 4.39 Å². The van der Waals surface area contributed by atoms with E-state index in [1.165, 1.54) is 46.5 Å². The highest BCUT2D eigenvalue weighted by atomic mass is 19.1. The number of fused-ring (bicyclic) bond motifs is 1. The number of carboxylic acid groups (broad SMARTS) is 1. The smallest absolute Gasteiger partial charge is 0.335 e. The zero-order chi connectivity index (χ0) is 23.8. The van der Waals surface area contributed by atoms with Crippen molar-refractivity contribution in [1.82, 2.24) is 0 Å². The van der Waals surface area contributed by atoms with Gasteiger partial charge in [0.2, 0.25) is 0 Å². The van der Waals surface area contributed by atoms with E-state index in [1.54, 1.807) is 0 Å². The molecule has 1 aliphatic rings. The van der Waals surface area contributed by atoms with Gasteiger partial charge in [0.1, 0.15) is 11.5 Å². The minimum atomic E-state index is -1.19. The predicted octanol–water partition coefficient (Wildman–Crippen LogP) is 6.54. The average Bonchev–Trinajstić information content (AvgIpc) is 3.06. The van der Waals surface area contributed by atoms with Gasteiger partial charge in [0.15, 0.2) is 0 Å². The Balaban J connectivity index is 1.65. The van der Waals surface area contributed by atoms with Crippen molar-refractivity contribution in [3.05, 3.63) is 112 Å². The number of carboxylic acids is 1. The monoisotopic (exact) mass is 443 g/mol. The average molecular weight is 444 g/mol. The van der Waals surface area contributed by atoms with Crippen LogP contribution >= 0.6 is 0 Å². The molecule has 3 aromatic rings. The van der Waals surface area contributed by atoms with Crippen molar-refractivity contribution < 1.29 is 19.5 Å². The van der Waals surface area contributed by atoms with Crippen molar-refractivity contribution in [3.8, 4) is 0 Å². The van der Waals surface area contributed by atoms with Crippen LogP contribution in [0.5, 0.6) is 0 Å². The largest absolute Gasteiger partial charge is 0.478 e. The van der Waals surface area contributed by atoms with Gasteiger partial charge in [-0.05, 0) is 65.8 Å². The molecule has 1 atom stereocenters. The van der Waals surface area contributed by atoms with Crippen LogP contribution in [0.3, 0.4) is 0 Å². The van der Waals surface area contributed by atoms with Crippen LogP contribution in [0.25, 0.3) is 6.08 Å². The number of benzene rings is 3. The van der Waals surface area contributed by atoms with Crippen molar-refractivity contribution in [3.63, 3.8) is 0 Å². The lowest BCUT2D eigenvalue weighted by molar-refractivity contribution is 0.0696.